The van der Waals surface area contributed by atoms with Crippen LogP contribution in [0.1, 0.15) is 6.42 Å². The quantitative estimate of drug-likeness (QED) is 0.547. The molecule has 0 bridgehead atoms. The molecule has 4 rings (SSSR count). The van der Waals surface area contributed by atoms with E-state index in [0.29, 0.717) is 17.5 Å². The van der Waals surface area contributed by atoms with Crippen molar-refractivity contribution in [3.8, 4) is 11.5 Å². The Morgan fingerprint density at radius 1 is 0.867 bits per heavy atom. The molecular formula is C24H26N4O2. The zero-order chi connectivity index (χ0) is 20.8. The van der Waals surface area contributed by atoms with Crippen molar-refractivity contribution >= 4 is 23.1 Å². The maximum Gasteiger partial charge on any atom is 0.323 e. The Kier molecular flexibility index (Phi) is 6.15. The van der Waals surface area contributed by atoms with Gasteiger partial charge in [0.1, 0.15) is 11.5 Å². The summed E-state index contributed by atoms with van der Waals surface area (Å²) in [4.78, 5) is 14.7. The smallest absolute Gasteiger partial charge is 0.323 e. The van der Waals surface area contributed by atoms with Gasteiger partial charge in [0.2, 0.25) is 0 Å². The van der Waals surface area contributed by atoms with Gasteiger partial charge >= 0.3 is 6.03 Å². The highest BCUT2D eigenvalue weighted by atomic mass is 16.5. The summed E-state index contributed by atoms with van der Waals surface area (Å²) in [6, 6.07) is 25.1. The first-order valence-electron chi connectivity index (χ1n) is 10.1. The Balaban J connectivity index is 1.29. The van der Waals surface area contributed by atoms with Gasteiger partial charge in [0.05, 0.1) is 0 Å². The van der Waals surface area contributed by atoms with Gasteiger partial charge in [-0.15, -0.1) is 0 Å². The number of para-hydroxylation sites is 1. The van der Waals surface area contributed by atoms with E-state index in [0.717, 1.165) is 30.9 Å². The van der Waals surface area contributed by atoms with Gasteiger partial charge in [0.15, 0.2) is 0 Å². The van der Waals surface area contributed by atoms with E-state index in [1.54, 1.807) is 0 Å². The van der Waals surface area contributed by atoms with E-state index in [1.165, 1.54) is 5.69 Å². The summed E-state index contributed by atoms with van der Waals surface area (Å²) in [5.41, 5.74) is 2.62. The maximum absolute atomic E-state index is 12.3. The first kappa shape index (κ1) is 19.8. The molecule has 0 saturated carbocycles. The minimum atomic E-state index is -0.282. The Labute approximate surface area is 176 Å². The van der Waals surface area contributed by atoms with E-state index in [9.17, 15) is 4.79 Å². The normalized spacial score (nSPS) is 15.6. The van der Waals surface area contributed by atoms with E-state index >= 15 is 0 Å². The molecule has 6 heteroatoms. The highest BCUT2D eigenvalue weighted by Gasteiger charge is 2.20. The van der Waals surface area contributed by atoms with Crippen LogP contribution in [0, 0.1) is 0 Å². The van der Waals surface area contributed by atoms with Gasteiger partial charge in [-0.1, -0.05) is 18.2 Å². The average molecular weight is 402 g/mol. The fourth-order valence-electron chi connectivity index (χ4n) is 3.51. The molecule has 1 fully saturated rings. The number of anilines is 3. The Bertz CT molecular complexity index is 959. The zero-order valence-corrected chi connectivity index (χ0v) is 17.0. The molecule has 1 aliphatic rings. The van der Waals surface area contributed by atoms with Crippen LogP contribution in [0.5, 0.6) is 11.5 Å². The molecule has 154 valence electrons. The van der Waals surface area contributed by atoms with Gasteiger partial charge in [-0.3, -0.25) is 0 Å². The second-order valence-electron chi connectivity index (χ2n) is 7.29. The SMILES string of the molecule is CN[C@H]1CCN(c2ccc(NC(=O)Nc3ccc(Oc4ccccc4)cc3)cc2)C1. The van der Waals surface area contributed by atoms with Crippen molar-refractivity contribution < 1.29 is 9.53 Å². The fraction of sp³-hybridized carbons (Fsp3) is 0.208. The second kappa shape index (κ2) is 9.33. The molecular weight excluding hydrogens is 376 g/mol. The molecule has 1 aliphatic heterocycles. The number of likely N-dealkylation sites (N-methyl/N-ethyl adjacent to an activating group) is 1. The first-order valence-corrected chi connectivity index (χ1v) is 10.1. The summed E-state index contributed by atoms with van der Waals surface area (Å²) in [6.07, 6.45) is 1.15. The number of amides is 2. The van der Waals surface area contributed by atoms with Crippen LogP contribution in [0.25, 0.3) is 0 Å². The van der Waals surface area contributed by atoms with Gasteiger partial charge in [0.25, 0.3) is 0 Å². The summed E-state index contributed by atoms with van der Waals surface area (Å²) in [5.74, 6) is 1.49. The number of rotatable bonds is 6. The molecule has 3 aromatic rings. The maximum atomic E-state index is 12.3. The predicted octanol–water partition coefficient (Wildman–Crippen LogP) is 4.92. The minimum absolute atomic E-state index is 0.282. The lowest BCUT2D eigenvalue weighted by Crippen LogP contribution is -2.29. The van der Waals surface area contributed by atoms with Crippen molar-refractivity contribution in [3.05, 3.63) is 78.9 Å². The van der Waals surface area contributed by atoms with E-state index in [4.69, 9.17) is 4.74 Å². The zero-order valence-electron chi connectivity index (χ0n) is 17.0. The summed E-state index contributed by atoms with van der Waals surface area (Å²) >= 11 is 0. The molecule has 30 heavy (non-hydrogen) atoms. The summed E-state index contributed by atoms with van der Waals surface area (Å²) in [6.45, 7) is 2.05. The van der Waals surface area contributed by atoms with Crippen LogP contribution in [-0.2, 0) is 0 Å². The molecule has 3 N–H and O–H groups in total. The highest BCUT2D eigenvalue weighted by molar-refractivity contribution is 5.99. The van der Waals surface area contributed by atoms with Crippen LogP contribution in [0.2, 0.25) is 0 Å². The molecule has 2 amide bonds. The standard InChI is InChI=1S/C24H26N4O2/c1-25-20-15-16-28(17-20)21-11-7-18(8-12-21)26-24(29)27-19-9-13-23(14-10-19)30-22-5-3-2-4-6-22/h2-14,20,25H,15-17H2,1H3,(H2,26,27,29)/t20-/m0/s1. The summed E-state index contributed by atoms with van der Waals surface area (Å²) in [5, 5.41) is 9.04. The average Bonchev–Trinajstić information content (AvgIpc) is 3.26. The third-order valence-corrected chi connectivity index (χ3v) is 5.18. The third kappa shape index (κ3) is 5.10. The van der Waals surface area contributed by atoms with Crippen LogP contribution >= 0.6 is 0 Å². The number of urea groups is 1. The van der Waals surface area contributed by atoms with Crippen LogP contribution in [0.3, 0.4) is 0 Å². The van der Waals surface area contributed by atoms with E-state index in [-0.39, 0.29) is 6.03 Å². The molecule has 6 nitrogen and oxygen atoms in total. The summed E-state index contributed by atoms with van der Waals surface area (Å²) < 4.78 is 5.76. The van der Waals surface area contributed by atoms with Gasteiger partial charge in [0, 0.05) is 36.2 Å². The number of benzene rings is 3. The lowest BCUT2D eigenvalue weighted by Gasteiger charge is -2.19. The van der Waals surface area contributed by atoms with E-state index in [1.807, 2.05) is 85.9 Å². The number of ether oxygens (including phenoxy) is 1. The monoisotopic (exact) mass is 402 g/mol. The largest absolute Gasteiger partial charge is 0.457 e. The van der Waals surface area contributed by atoms with Gasteiger partial charge in [-0.05, 0) is 74.1 Å². The number of nitrogens with one attached hydrogen (secondary N) is 3. The van der Waals surface area contributed by atoms with Crippen molar-refractivity contribution in [2.75, 3.05) is 35.7 Å². The lowest BCUT2D eigenvalue weighted by molar-refractivity contribution is 0.262. The lowest BCUT2D eigenvalue weighted by atomic mass is 10.2. The molecule has 0 radical (unpaired) electrons. The number of hydrogen-bond acceptors (Lipinski definition) is 4. The number of nitrogens with zero attached hydrogens (tertiary/aromatic N) is 1. The molecule has 1 atom stereocenters. The van der Waals surface area contributed by atoms with Crippen molar-refractivity contribution in [1.82, 2.24) is 5.32 Å². The first-order chi connectivity index (χ1) is 14.7. The molecule has 0 aliphatic carbocycles. The van der Waals surface area contributed by atoms with Crippen molar-refractivity contribution in [3.63, 3.8) is 0 Å². The molecule has 0 aromatic heterocycles. The van der Waals surface area contributed by atoms with Gasteiger partial charge in [-0.25, -0.2) is 4.79 Å². The second-order valence-corrected chi connectivity index (χ2v) is 7.29. The Hall–Kier alpha value is -3.51. The van der Waals surface area contributed by atoms with Crippen molar-refractivity contribution in [2.45, 2.75) is 12.5 Å². The van der Waals surface area contributed by atoms with Crippen LogP contribution in [-0.4, -0.2) is 32.2 Å². The van der Waals surface area contributed by atoms with Crippen molar-refractivity contribution in [1.29, 1.82) is 0 Å². The van der Waals surface area contributed by atoms with E-state index in [2.05, 4.69) is 20.9 Å². The molecule has 1 heterocycles. The number of carbonyl (C=O) groups is 1. The predicted molar refractivity (Wildman–Crippen MR) is 122 cm³/mol. The molecule has 1 saturated heterocycles. The molecule has 3 aromatic carbocycles. The third-order valence-electron chi connectivity index (χ3n) is 5.18. The van der Waals surface area contributed by atoms with E-state index < -0.39 is 0 Å². The Morgan fingerprint density at radius 3 is 2.07 bits per heavy atom. The van der Waals surface area contributed by atoms with Gasteiger partial charge in [-0.2, -0.15) is 0 Å². The topological polar surface area (TPSA) is 65.6 Å². The van der Waals surface area contributed by atoms with Crippen LogP contribution in [0.15, 0.2) is 78.9 Å². The van der Waals surface area contributed by atoms with Crippen LogP contribution in [0.4, 0.5) is 21.9 Å². The highest BCUT2D eigenvalue weighted by Crippen LogP contribution is 2.24. The fourth-order valence-corrected chi connectivity index (χ4v) is 3.51. The number of hydrogen-bond donors (Lipinski definition) is 3. The summed E-state index contributed by atoms with van der Waals surface area (Å²) in [7, 11) is 2.00. The minimum Gasteiger partial charge on any atom is -0.457 e. The number of carbonyl (C=O) groups excluding carboxylic acids is 1. The van der Waals surface area contributed by atoms with Crippen molar-refractivity contribution in [2.24, 2.45) is 0 Å². The van der Waals surface area contributed by atoms with Crippen LogP contribution < -0.4 is 25.6 Å². The van der Waals surface area contributed by atoms with Gasteiger partial charge < -0.3 is 25.6 Å². The molecule has 0 unspecified atom stereocenters. The Morgan fingerprint density at radius 2 is 1.47 bits per heavy atom. The molecule has 0 spiro atoms.